The summed E-state index contributed by atoms with van der Waals surface area (Å²) in [6.45, 7) is 1.76. The molecule has 0 aliphatic rings. The first-order valence-electron chi connectivity index (χ1n) is 4.59. The molecule has 0 amide bonds. The van der Waals surface area contributed by atoms with Gasteiger partial charge < -0.3 is 14.9 Å². The number of aliphatic hydroxyl groups is 1. The second-order valence-electron chi connectivity index (χ2n) is 3.34. The first kappa shape index (κ1) is 11.5. The van der Waals surface area contributed by atoms with Gasteiger partial charge in [0.1, 0.15) is 5.75 Å². The van der Waals surface area contributed by atoms with E-state index in [0.29, 0.717) is 5.56 Å². The van der Waals surface area contributed by atoms with Crippen molar-refractivity contribution in [1.29, 1.82) is 0 Å². The lowest BCUT2D eigenvalue weighted by atomic mass is 10.0. The van der Waals surface area contributed by atoms with Gasteiger partial charge in [0, 0.05) is 0 Å². The zero-order valence-corrected chi connectivity index (χ0v) is 8.73. The fourth-order valence-corrected chi connectivity index (χ4v) is 1.19. The lowest BCUT2D eigenvalue weighted by Crippen LogP contribution is -2.07. The van der Waals surface area contributed by atoms with E-state index in [4.69, 9.17) is 0 Å². The zero-order chi connectivity index (χ0) is 11.4. The van der Waals surface area contributed by atoms with Crippen molar-refractivity contribution in [2.75, 3.05) is 7.11 Å². The summed E-state index contributed by atoms with van der Waals surface area (Å²) in [4.78, 5) is 10.9. The van der Waals surface area contributed by atoms with Crippen LogP contribution in [0.5, 0.6) is 5.75 Å². The fraction of sp³-hybridized carbons (Fsp3) is 0.364. The van der Waals surface area contributed by atoms with E-state index in [1.165, 1.54) is 13.2 Å². The van der Waals surface area contributed by atoms with Crippen LogP contribution in [-0.4, -0.2) is 23.3 Å². The number of phenols is 1. The van der Waals surface area contributed by atoms with E-state index in [-0.39, 0.29) is 12.2 Å². The molecule has 1 aromatic rings. The molecular weight excluding hydrogens is 196 g/mol. The number of phenolic OH excluding ortho intramolecular Hbond substituents is 1. The Labute approximate surface area is 88.1 Å². The highest BCUT2D eigenvalue weighted by molar-refractivity contribution is 5.70. The third-order valence-corrected chi connectivity index (χ3v) is 2.21. The number of methoxy groups -OCH3 is 1. The average Bonchev–Trinajstić information content (AvgIpc) is 2.21. The maximum atomic E-state index is 10.9. The zero-order valence-electron chi connectivity index (χ0n) is 8.73. The minimum Gasteiger partial charge on any atom is -0.508 e. The summed E-state index contributed by atoms with van der Waals surface area (Å²) < 4.78 is 4.43. The Morgan fingerprint density at radius 2 is 2.20 bits per heavy atom. The summed E-state index contributed by atoms with van der Waals surface area (Å²) in [5.74, 6) is -0.376. The van der Waals surface area contributed by atoms with Crippen LogP contribution in [-0.2, 0) is 9.53 Å². The molecule has 0 fully saturated rings. The Kier molecular flexibility index (Phi) is 3.68. The van der Waals surface area contributed by atoms with Crippen molar-refractivity contribution in [3.8, 4) is 5.75 Å². The lowest BCUT2D eigenvalue weighted by Gasteiger charge is -2.10. The number of esters is 1. The van der Waals surface area contributed by atoms with Crippen LogP contribution in [0.15, 0.2) is 18.2 Å². The second-order valence-corrected chi connectivity index (χ2v) is 3.34. The number of aryl methyl sites for hydroxylation is 1. The van der Waals surface area contributed by atoms with E-state index in [0.717, 1.165) is 5.56 Å². The SMILES string of the molecule is COC(=O)C[C@H](O)c1ccc(C)c(O)c1. The van der Waals surface area contributed by atoms with E-state index in [1.54, 1.807) is 19.1 Å². The Morgan fingerprint density at radius 3 is 2.73 bits per heavy atom. The first-order chi connectivity index (χ1) is 7.04. The van der Waals surface area contributed by atoms with Crippen LogP contribution in [0, 0.1) is 6.92 Å². The topological polar surface area (TPSA) is 66.8 Å². The van der Waals surface area contributed by atoms with Gasteiger partial charge in [-0.1, -0.05) is 12.1 Å². The van der Waals surface area contributed by atoms with E-state index in [1.807, 2.05) is 0 Å². The molecule has 1 aromatic carbocycles. The minimum absolute atomic E-state index is 0.108. The molecule has 0 aliphatic carbocycles. The smallest absolute Gasteiger partial charge is 0.308 e. The monoisotopic (exact) mass is 210 g/mol. The number of aromatic hydroxyl groups is 1. The van der Waals surface area contributed by atoms with Crippen LogP contribution in [0.1, 0.15) is 23.7 Å². The number of carbonyl (C=O) groups is 1. The van der Waals surface area contributed by atoms with Crippen molar-refractivity contribution in [2.45, 2.75) is 19.4 Å². The Bertz CT molecular complexity index is 360. The summed E-state index contributed by atoms with van der Waals surface area (Å²) in [6.07, 6.45) is -1.05. The average molecular weight is 210 g/mol. The minimum atomic E-state index is -0.941. The highest BCUT2D eigenvalue weighted by Gasteiger charge is 2.14. The molecule has 1 atom stereocenters. The van der Waals surface area contributed by atoms with Crippen LogP contribution < -0.4 is 0 Å². The van der Waals surface area contributed by atoms with Crippen molar-refractivity contribution >= 4 is 5.97 Å². The van der Waals surface area contributed by atoms with Crippen molar-refractivity contribution in [1.82, 2.24) is 0 Å². The molecule has 0 saturated heterocycles. The van der Waals surface area contributed by atoms with Crippen LogP contribution in [0.2, 0.25) is 0 Å². The molecule has 0 aliphatic heterocycles. The molecular formula is C11H14O4. The van der Waals surface area contributed by atoms with Crippen molar-refractivity contribution in [3.63, 3.8) is 0 Å². The van der Waals surface area contributed by atoms with Gasteiger partial charge in [0.25, 0.3) is 0 Å². The highest BCUT2D eigenvalue weighted by Crippen LogP contribution is 2.23. The van der Waals surface area contributed by atoms with Crippen LogP contribution in [0.4, 0.5) is 0 Å². The summed E-state index contributed by atoms with van der Waals surface area (Å²) in [6, 6.07) is 4.80. The summed E-state index contributed by atoms with van der Waals surface area (Å²) in [7, 11) is 1.27. The molecule has 0 aromatic heterocycles. The number of ether oxygens (including phenoxy) is 1. The molecule has 0 saturated carbocycles. The van der Waals surface area contributed by atoms with Gasteiger partial charge in [0.15, 0.2) is 0 Å². The number of rotatable bonds is 3. The third-order valence-electron chi connectivity index (χ3n) is 2.21. The molecule has 0 spiro atoms. The highest BCUT2D eigenvalue weighted by atomic mass is 16.5. The molecule has 0 unspecified atom stereocenters. The number of carbonyl (C=O) groups excluding carboxylic acids is 1. The van der Waals surface area contributed by atoms with E-state index < -0.39 is 12.1 Å². The summed E-state index contributed by atoms with van der Waals surface area (Å²) >= 11 is 0. The Morgan fingerprint density at radius 1 is 1.53 bits per heavy atom. The van der Waals surface area contributed by atoms with Crippen LogP contribution in [0.3, 0.4) is 0 Å². The number of aliphatic hydroxyl groups excluding tert-OH is 1. The van der Waals surface area contributed by atoms with Crippen molar-refractivity contribution in [3.05, 3.63) is 29.3 Å². The molecule has 0 radical (unpaired) electrons. The summed E-state index contributed by atoms with van der Waals surface area (Å²) in [5, 5.41) is 19.0. The van der Waals surface area contributed by atoms with Gasteiger partial charge in [-0.3, -0.25) is 4.79 Å². The molecule has 15 heavy (non-hydrogen) atoms. The van der Waals surface area contributed by atoms with Crippen LogP contribution >= 0.6 is 0 Å². The first-order valence-corrected chi connectivity index (χ1v) is 4.59. The molecule has 0 heterocycles. The van der Waals surface area contributed by atoms with Gasteiger partial charge in [-0.05, 0) is 24.1 Å². The quantitative estimate of drug-likeness (QED) is 0.738. The normalized spacial score (nSPS) is 12.2. The molecule has 4 nitrogen and oxygen atoms in total. The number of hydrogen-bond donors (Lipinski definition) is 2. The fourth-order valence-electron chi connectivity index (χ4n) is 1.19. The van der Waals surface area contributed by atoms with Crippen molar-refractivity contribution < 1.29 is 19.7 Å². The van der Waals surface area contributed by atoms with Crippen LogP contribution in [0.25, 0.3) is 0 Å². The van der Waals surface area contributed by atoms with Gasteiger partial charge in [0.05, 0.1) is 19.6 Å². The van der Waals surface area contributed by atoms with E-state index >= 15 is 0 Å². The predicted molar refractivity (Wildman–Crippen MR) is 54.4 cm³/mol. The Balaban J connectivity index is 2.78. The third kappa shape index (κ3) is 2.95. The molecule has 82 valence electrons. The van der Waals surface area contributed by atoms with E-state index in [9.17, 15) is 15.0 Å². The molecule has 2 N–H and O–H groups in total. The largest absolute Gasteiger partial charge is 0.508 e. The molecule has 0 bridgehead atoms. The molecule has 4 heteroatoms. The van der Waals surface area contributed by atoms with Gasteiger partial charge >= 0.3 is 5.97 Å². The number of benzene rings is 1. The standard InChI is InChI=1S/C11H14O4/c1-7-3-4-8(5-9(7)12)10(13)6-11(14)15-2/h3-5,10,12-13H,6H2,1-2H3/t10-/m0/s1. The summed E-state index contributed by atoms with van der Waals surface area (Å²) in [5.41, 5.74) is 1.23. The maximum Gasteiger partial charge on any atom is 0.308 e. The number of hydrogen-bond acceptors (Lipinski definition) is 4. The maximum absolute atomic E-state index is 10.9. The van der Waals surface area contributed by atoms with Gasteiger partial charge in [0.2, 0.25) is 0 Å². The van der Waals surface area contributed by atoms with E-state index in [2.05, 4.69) is 4.74 Å². The van der Waals surface area contributed by atoms with Crippen molar-refractivity contribution in [2.24, 2.45) is 0 Å². The Hall–Kier alpha value is -1.55. The predicted octanol–water partition coefficient (Wildman–Crippen LogP) is 1.30. The van der Waals surface area contributed by atoms with Gasteiger partial charge in [-0.15, -0.1) is 0 Å². The molecule has 1 rings (SSSR count). The van der Waals surface area contributed by atoms with Gasteiger partial charge in [-0.25, -0.2) is 0 Å². The van der Waals surface area contributed by atoms with Gasteiger partial charge in [-0.2, -0.15) is 0 Å². The lowest BCUT2D eigenvalue weighted by molar-refractivity contribution is -0.142. The second kappa shape index (κ2) is 4.79.